The zero-order chi connectivity index (χ0) is 25.6. The summed E-state index contributed by atoms with van der Waals surface area (Å²) in [5.41, 5.74) is 9.53. The third-order valence-corrected chi connectivity index (χ3v) is 6.78. The number of hydrogen-bond donors (Lipinski definition) is 2. The van der Waals surface area contributed by atoms with Gasteiger partial charge in [0.15, 0.2) is 10.5 Å². The van der Waals surface area contributed by atoms with Crippen molar-refractivity contribution < 1.29 is 14.7 Å². The third-order valence-electron chi connectivity index (χ3n) is 6.25. The van der Waals surface area contributed by atoms with Crippen molar-refractivity contribution in [3.8, 4) is 16.9 Å². The van der Waals surface area contributed by atoms with E-state index < -0.39 is 22.8 Å². The first kappa shape index (κ1) is 23.5. The second kappa shape index (κ2) is 8.76. The van der Waals surface area contributed by atoms with E-state index in [0.717, 1.165) is 22.3 Å². The number of pyridine rings is 1. The molecule has 0 aliphatic heterocycles. The Hall–Kier alpha value is -4.24. The van der Waals surface area contributed by atoms with Crippen molar-refractivity contribution in [3.05, 3.63) is 84.6 Å². The molecule has 10 heteroatoms. The fourth-order valence-corrected chi connectivity index (χ4v) is 4.60. The molecule has 1 amide bonds. The topological polar surface area (TPSA) is 129 Å². The first-order chi connectivity index (χ1) is 17.2. The summed E-state index contributed by atoms with van der Waals surface area (Å²) in [6.45, 7) is 4.07. The Bertz CT molecular complexity index is 1550. The quantitative estimate of drug-likeness (QED) is 0.379. The number of alkyl halides is 1. The van der Waals surface area contributed by atoms with Gasteiger partial charge in [0.25, 0.3) is 0 Å². The lowest BCUT2D eigenvalue weighted by Crippen LogP contribution is -2.45. The van der Waals surface area contributed by atoms with Crippen LogP contribution in [0.25, 0.3) is 28.0 Å². The van der Waals surface area contributed by atoms with Gasteiger partial charge in [-0.25, -0.2) is 19.4 Å². The number of primary amides is 1. The number of nitrogens with two attached hydrogens (primary N) is 1. The Morgan fingerprint density at radius 2 is 1.89 bits per heavy atom. The molecule has 0 saturated carbocycles. The number of amides is 1. The number of halogens is 1. The zero-order valence-electron chi connectivity index (χ0n) is 19.5. The molecule has 4 aromatic rings. The monoisotopic (exact) mass is 502 g/mol. The molecule has 5 rings (SSSR count). The van der Waals surface area contributed by atoms with Crippen molar-refractivity contribution in [1.82, 2.24) is 24.3 Å². The summed E-state index contributed by atoms with van der Waals surface area (Å²) in [6.07, 6.45) is 12.1. The van der Waals surface area contributed by atoms with Crippen LogP contribution in [0.5, 0.6) is 0 Å². The fraction of sp³-hybridized carbons (Fsp3) is 0.192. The molecule has 0 radical (unpaired) electrons. The average molecular weight is 503 g/mol. The van der Waals surface area contributed by atoms with Crippen molar-refractivity contribution in [2.75, 3.05) is 0 Å². The molecule has 1 aliphatic carbocycles. The molecule has 0 saturated heterocycles. The van der Waals surface area contributed by atoms with Gasteiger partial charge in [0, 0.05) is 18.0 Å². The van der Waals surface area contributed by atoms with Crippen LogP contribution in [0.2, 0.25) is 0 Å². The molecular formula is C26H23ClN6O3. The lowest BCUT2D eigenvalue weighted by molar-refractivity contribution is -0.120. The minimum atomic E-state index is -1.48. The molecular weight excluding hydrogens is 480 g/mol. The number of nitrogens with zero attached hydrogens (tertiary/aromatic N) is 5. The van der Waals surface area contributed by atoms with Crippen LogP contribution < -0.4 is 5.73 Å². The van der Waals surface area contributed by atoms with E-state index in [-0.39, 0.29) is 11.5 Å². The molecule has 2 atom stereocenters. The molecule has 0 fully saturated rings. The van der Waals surface area contributed by atoms with Crippen LogP contribution in [0.3, 0.4) is 0 Å². The largest absolute Gasteiger partial charge is 0.478 e. The maximum atomic E-state index is 12.3. The summed E-state index contributed by atoms with van der Waals surface area (Å²) in [7, 11) is 0. The molecule has 1 aliphatic rings. The summed E-state index contributed by atoms with van der Waals surface area (Å²) < 4.78 is 3.54. The van der Waals surface area contributed by atoms with Crippen LogP contribution in [0.1, 0.15) is 41.9 Å². The molecule has 182 valence electrons. The van der Waals surface area contributed by atoms with E-state index in [1.54, 1.807) is 65.8 Å². The van der Waals surface area contributed by atoms with E-state index in [4.69, 9.17) is 27.5 Å². The van der Waals surface area contributed by atoms with Crippen molar-refractivity contribution in [1.29, 1.82) is 0 Å². The molecule has 9 nitrogen and oxygen atoms in total. The second-order valence-electron chi connectivity index (χ2n) is 8.88. The number of aromatic carboxylic acids is 1. The Labute approximate surface area is 211 Å². The number of allylic oxidation sites excluding steroid dienone is 3. The molecule has 3 heterocycles. The zero-order valence-corrected chi connectivity index (χ0v) is 20.3. The SMILES string of the molecule is CC(C)c1nn(C2C=CC=CC2(Cl)C(N)=O)c2nccc(-n3cnc(-c4ccc(C(=O)O)cc4)c3)c12. The summed E-state index contributed by atoms with van der Waals surface area (Å²) in [6, 6.07) is 7.76. The van der Waals surface area contributed by atoms with Crippen LogP contribution in [-0.4, -0.2) is 46.2 Å². The molecule has 0 bridgehead atoms. The van der Waals surface area contributed by atoms with E-state index >= 15 is 0 Å². The van der Waals surface area contributed by atoms with E-state index in [2.05, 4.69) is 9.97 Å². The van der Waals surface area contributed by atoms with Crippen LogP contribution in [0, 0.1) is 0 Å². The normalized spacial score (nSPS) is 19.3. The average Bonchev–Trinajstić information content (AvgIpc) is 3.50. The number of carbonyl (C=O) groups is 2. The summed E-state index contributed by atoms with van der Waals surface area (Å²) in [4.78, 5) is 31.1. The maximum absolute atomic E-state index is 12.3. The van der Waals surface area contributed by atoms with Crippen LogP contribution in [0.4, 0.5) is 0 Å². The van der Waals surface area contributed by atoms with Gasteiger partial charge in [-0.3, -0.25) is 4.79 Å². The van der Waals surface area contributed by atoms with Crippen LogP contribution in [0.15, 0.2) is 73.4 Å². The van der Waals surface area contributed by atoms with Crippen molar-refractivity contribution in [3.63, 3.8) is 0 Å². The first-order valence-electron chi connectivity index (χ1n) is 11.3. The smallest absolute Gasteiger partial charge is 0.335 e. The number of carboxylic acids is 1. The molecule has 3 N–H and O–H groups in total. The number of imidazole rings is 1. The Morgan fingerprint density at radius 3 is 2.56 bits per heavy atom. The highest BCUT2D eigenvalue weighted by Gasteiger charge is 2.43. The van der Waals surface area contributed by atoms with Gasteiger partial charge >= 0.3 is 5.97 Å². The minimum absolute atomic E-state index is 0.0460. The lowest BCUT2D eigenvalue weighted by Gasteiger charge is -2.30. The van der Waals surface area contributed by atoms with Crippen LogP contribution in [-0.2, 0) is 4.79 Å². The minimum Gasteiger partial charge on any atom is -0.478 e. The van der Waals surface area contributed by atoms with E-state index in [1.807, 2.05) is 30.7 Å². The van der Waals surface area contributed by atoms with Crippen molar-refractivity contribution >= 4 is 34.5 Å². The number of carboxylic acid groups (broad SMARTS) is 1. The highest BCUT2D eigenvalue weighted by Crippen LogP contribution is 2.39. The number of rotatable bonds is 6. The number of benzene rings is 1. The first-order valence-corrected chi connectivity index (χ1v) is 11.7. The van der Waals surface area contributed by atoms with Gasteiger partial charge in [-0.2, -0.15) is 5.10 Å². The Kier molecular flexibility index (Phi) is 5.72. The Balaban J connectivity index is 1.64. The van der Waals surface area contributed by atoms with E-state index in [9.17, 15) is 9.59 Å². The van der Waals surface area contributed by atoms with Gasteiger partial charge in [-0.15, -0.1) is 11.6 Å². The predicted molar refractivity (Wildman–Crippen MR) is 136 cm³/mol. The number of carbonyl (C=O) groups excluding carboxylic acids is 1. The maximum Gasteiger partial charge on any atom is 0.335 e. The predicted octanol–water partition coefficient (Wildman–Crippen LogP) is 4.24. The Morgan fingerprint density at radius 1 is 1.14 bits per heavy atom. The van der Waals surface area contributed by atoms with Gasteiger partial charge < -0.3 is 15.4 Å². The second-order valence-corrected chi connectivity index (χ2v) is 9.51. The molecule has 1 aromatic carbocycles. The number of fused-ring (bicyclic) bond motifs is 1. The highest BCUT2D eigenvalue weighted by atomic mass is 35.5. The number of aromatic nitrogens is 5. The third kappa shape index (κ3) is 3.77. The molecule has 2 unspecified atom stereocenters. The van der Waals surface area contributed by atoms with Crippen LogP contribution >= 0.6 is 11.6 Å². The van der Waals surface area contributed by atoms with Gasteiger partial charge in [-0.05, 0) is 24.1 Å². The van der Waals surface area contributed by atoms with Crippen molar-refractivity contribution in [2.45, 2.75) is 30.7 Å². The lowest BCUT2D eigenvalue weighted by atomic mass is 9.93. The highest BCUT2D eigenvalue weighted by molar-refractivity contribution is 6.37. The van der Waals surface area contributed by atoms with Gasteiger partial charge in [-0.1, -0.05) is 50.3 Å². The summed E-state index contributed by atoms with van der Waals surface area (Å²) in [5.74, 6) is -1.61. The summed E-state index contributed by atoms with van der Waals surface area (Å²) >= 11 is 6.71. The standard InChI is InChI=1S/C26H23ClN6O3/c1-15(2)22-21-19(32-13-18(30-14-32)16-6-8-17(9-7-16)24(34)35)10-12-29-23(21)33(31-22)20-5-3-4-11-26(20,27)25(28)36/h3-15,20H,1-2H3,(H2,28,36)(H,34,35). The molecule has 3 aromatic heterocycles. The molecule has 36 heavy (non-hydrogen) atoms. The summed E-state index contributed by atoms with van der Waals surface area (Å²) in [5, 5.41) is 14.8. The van der Waals surface area contributed by atoms with Gasteiger partial charge in [0.2, 0.25) is 5.91 Å². The van der Waals surface area contributed by atoms with Gasteiger partial charge in [0.05, 0.1) is 34.4 Å². The van der Waals surface area contributed by atoms with E-state index in [0.29, 0.717) is 11.3 Å². The number of hydrogen-bond acceptors (Lipinski definition) is 5. The van der Waals surface area contributed by atoms with E-state index in [1.165, 1.54) is 0 Å². The van der Waals surface area contributed by atoms with Gasteiger partial charge in [0.1, 0.15) is 6.04 Å². The molecule has 0 spiro atoms. The fourth-order valence-electron chi connectivity index (χ4n) is 4.37. The van der Waals surface area contributed by atoms with Crippen molar-refractivity contribution in [2.24, 2.45) is 5.73 Å².